The summed E-state index contributed by atoms with van der Waals surface area (Å²) in [6.07, 6.45) is 0. The number of esters is 2. The molecular weight excluding hydrogens is 295 g/mol. The second-order valence-corrected chi connectivity index (χ2v) is 6.26. The van der Waals surface area contributed by atoms with E-state index in [1.807, 2.05) is 0 Å². The fourth-order valence-electron chi connectivity index (χ4n) is 1.42. The fraction of sp³-hybridized carbons (Fsp3) is 0.467. The van der Waals surface area contributed by atoms with Crippen LogP contribution in [0.4, 0.5) is 4.39 Å². The minimum absolute atomic E-state index is 0.0243. The normalized spacial score (nSPS) is 11.1. The van der Waals surface area contributed by atoms with Gasteiger partial charge in [0, 0.05) is 4.90 Å². The van der Waals surface area contributed by atoms with Crippen LogP contribution in [0.25, 0.3) is 0 Å². The lowest BCUT2D eigenvalue weighted by Gasteiger charge is -2.19. The van der Waals surface area contributed by atoms with Crippen molar-refractivity contribution >= 4 is 23.7 Å². The molecule has 4 nitrogen and oxygen atoms in total. The van der Waals surface area contributed by atoms with Crippen LogP contribution in [0, 0.1) is 5.82 Å². The van der Waals surface area contributed by atoms with Crippen molar-refractivity contribution in [1.82, 2.24) is 0 Å². The van der Waals surface area contributed by atoms with E-state index >= 15 is 0 Å². The topological polar surface area (TPSA) is 52.6 Å². The summed E-state index contributed by atoms with van der Waals surface area (Å²) < 4.78 is 23.8. The van der Waals surface area contributed by atoms with Crippen LogP contribution < -0.4 is 0 Å². The molecule has 0 aliphatic rings. The number of hydrogen-bond donors (Lipinski definition) is 0. The molecule has 0 aliphatic heterocycles. The monoisotopic (exact) mass is 314 g/mol. The number of benzene rings is 1. The zero-order chi connectivity index (χ0) is 16.0. The standard InChI is InChI=1S/C15H19FO4S/c1-5-19-13(17)9-21-12-7-6-10(8-11(12)16)14(18)20-15(2,3)4/h6-8H,5,9H2,1-4H3. The molecule has 0 unspecified atom stereocenters. The third-order valence-electron chi connectivity index (χ3n) is 2.22. The van der Waals surface area contributed by atoms with Crippen LogP contribution in [0.5, 0.6) is 0 Å². The van der Waals surface area contributed by atoms with E-state index in [9.17, 15) is 14.0 Å². The molecule has 0 heterocycles. The van der Waals surface area contributed by atoms with E-state index in [4.69, 9.17) is 9.47 Å². The maximum absolute atomic E-state index is 13.9. The Morgan fingerprint density at radius 3 is 2.48 bits per heavy atom. The van der Waals surface area contributed by atoms with Crippen molar-refractivity contribution in [2.45, 2.75) is 38.2 Å². The van der Waals surface area contributed by atoms with Crippen LogP contribution in [0.15, 0.2) is 23.1 Å². The molecule has 1 aromatic rings. The number of halogens is 1. The average Bonchev–Trinajstić information content (AvgIpc) is 2.35. The van der Waals surface area contributed by atoms with Crippen LogP contribution in [0.1, 0.15) is 38.1 Å². The largest absolute Gasteiger partial charge is 0.465 e. The first-order valence-corrected chi connectivity index (χ1v) is 7.53. The maximum Gasteiger partial charge on any atom is 0.338 e. The lowest BCUT2D eigenvalue weighted by Crippen LogP contribution is -2.23. The van der Waals surface area contributed by atoms with E-state index in [0.29, 0.717) is 6.61 Å². The summed E-state index contributed by atoms with van der Waals surface area (Å²) in [7, 11) is 0. The third kappa shape index (κ3) is 6.16. The van der Waals surface area contributed by atoms with Gasteiger partial charge in [0.2, 0.25) is 0 Å². The van der Waals surface area contributed by atoms with Gasteiger partial charge in [-0.2, -0.15) is 0 Å². The molecule has 0 N–H and O–H groups in total. The predicted octanol–water partition coefficient (Wildman–Crippen LogP) is 3.44. The molecule has 0 saturated carbocycles. The van der Waals surface area contributed by atoms with Gasteiger partial charge in [0.05, 0.1) is 17.9 Å². The summed E-state index contributed by atoms with van der Waals surface area (Å²) in [5, 5.41) is 0. The molecule has 0 atom stereocenters. The van der Waals surface area contributed by atoms with Gasteiger partial charge in [0.1, 0.15) is 11.4 Å². The van der Waals surface area contributed by atoms with Crippen molar-refractivity contribution in [3.05, 3.63) is 29.6 Å². The Hall–Kier alpha value is -1.56. The number of carbonyl (C=O) groups excluding carboxylic acids is 2. The summed E-state index contributed by atoms with van der Waals surface area (Å²) in [5.74, 6) is -1.52. The number of rotatable bonds is 5. The average molecular weight is 314 g/mol. The maximum atomic E-state index is 13.9. The molecule has 6 heteroatoms. The Kier molecular flexibility index (Phi) is 6.20. The van der Waals surface area contributed by atoms with Crippen molar-refractivity contribution in [2.75, 3.05) is 12.4 Å². The summed E-state index contributed by atoms with van der Waals surface area (Å²) in [4.78, 5) is 23.3. The SMILES string of the molecule is CCOC(=O)CSc1ccc(C(=O)OC(C)(C)C)cc1F. The molecule has 116 valence electrons. The van der Waals surface area contributed by atoms with Crippen LogP contribution in [0.3, 0.4) is 0 Å². The first-order chi connectivity index (χ1) is 9.73. The van der Waals surface area contributed by atoms with Gasteiger partial charge in [-0.15, -0.1) is 11.8 Å². The van der Waals surface area contributed by atoms with E-state index in [1.54, 1.807) is 27.7 Å². The number of hydrogen-bond acceptors (Lipinski definition) is 5. The van der Waals surface area contributed by atoms with Gasteiger partial charge in [0.15, 0.2) is 0 Å². The Labute approximate surface area is 128 Å². The van der Waals surface area contributed by atoms with Crippen LogP contribution >= 0.6 is 11.8 Å². The summed E-state index contributed by atoms with van der Waals surface area (Å²) in [6.45, 7) is 7.22. The van der Waals surface area contributed by atoms with E-state index in [2.05, 4.69) is 0 Å². The minimum atomic E-state index is -0.634. The van der Waals surface area contributed by atoms with Crippen molar-refractivity contribution in [3.8, 4) is 0 Å². The molecule has 0 radical (unpaired) electrons. The molecule has 0 fully saturated rings. The quantitative estimate of drug-likeness (QED) is 0.615. The lowest BCUT2D eigenvalue weighted by atomic mass is 10.1. The fourth-order valence-corrected chi connectivity index (χ4v) is 2.14. The van der Waals surface area contributed by atoms with E-state index in [1.165, 1.54) is 12.1 Å². The number of thioether (sulfide) groups is 1. The first kappa shape index (κ1) is 17.5. The van der Waals surface area contributed by atoms with Gasteiger partial charge in [-0.25, -0.2) is 9.18 Å². The van der Waals surface area contributed by atoms with Crippen molar-refractivity contribution in [3.63, 3.8) is 0 Å². The van der Waals surface area contributed by atoms with Gasteiger partial charge in [-0.05, 0) is 45.9 Å². The van der Waals surface area contributed by atoms with Crippen molar-refractivity contribution in [1.29, 1.82) is 0 Å². The molecule has 0 spiro atoms. The molecule has 0 aliphatic carbocycles. The van der Waals surface area contributed by atoms with Crippen molar-refractivity contribution < 1.29 is 23.5 Å². The highest BCUT2D eigenvalue weighted by Crippen LogP contribution is 2.23. The summed E-state index contributed by atoms with van der Waals surface area (Å²) in [6, 6.07) is 4.05. The van der Waals surface area contributed by atoms with E-state index in [0.717, 1.165) is 17.8 Å². The van der Waals surface area contributed by atoms with Gasteiger partial charge in [0.25, 0.3) is 0 Å². The Morgan fingerprint density at radius 2 is 1.95 bits per heavy atom. The third-order valence-corrected chi connectivity index (χ3v) is 3.24. The predicted molar refractivity (Wildman–Crippen MR) is 78.9 cm³/mol. The molecule has 0 amide bonds. The number of carbonyl (C=O) groups is 2. The lowest BCUT2D eigenvalue weighted by molar-refractivity contribution is -0.139. The summed E-state index contributed by atoms with van der Waals surface area (Å²) in [5.41, 5.74) is -0.492. The highest BCUT2D eigenvalue weighted by atomic mass is 32.2. The van der Waals surface area contributed by atoms with Gasteiger partial charge >= 0.3 is 11.9 Å². The molecular formula is C15H19FO4S. The molecule has 0 bridgehead atoms. The molecule has 1 rings (SSSR count). The molecule has 1 aromatic carbocycles. The van der Waals surface area contributed by atoms with Crippen LogP contribution in [0.2, 0.25) is 0 Å². The highest BCUT2D eigenvalue weighted by molar-refractivity contribution is 8.00. The zero-order valence-corrected chi connectivity index (χ0v) is 13.4. The van der Waals surface area contributed by atoms with Crippen LogP contribution in [-0.2, 0) is 14.3 Å². The second-order valence-electron chi connectivity index (χ2n) is 5.24. The van der Waals surface area contributed by atoms with E-state index in [-0.39, 0.29) is 16.2 Å². The molecule has 21 heavy (non-hydrogen) atoms. The first-order valence-electron chi connectivity index (χ1n) is 6.54. The minimum Gasteiger partial charge on any atom is -0.465 e. The van der Waals surface area contributed by atoms with Crippen LogP contribution in [-0.4, -0.2) is 29.9 Å². The zero-order valence-electron chi connectivity index (χ0n) is 12.6. The summed E-state index contributed by atoms with van der Waals surface area (Å²) >= 11 is 1.03. The smallest absolute Gasteiger partial charge is 0.338 e. The Bertz CT molecular complexity index is 523. The number of ether oxygens (including phenoxy) is 2. The Balaban J connectivity index is 2.72. The second kappa shape index (κ2) is 7.45. The molecule has 0 saturated heterocycles. The Morgan fingerprint density at radius 1 is 1.29 bits per heavy atom. The van der Waals surface area contributed by atoms with Gasteiger partial charge in [-0.3, -0.25) is 4.79 Å². The van der Waals surface area contributed by atoms with Crippen molar-refractivity contribution in [2.24, 2.45) is 0 Å². The van der Waals surface area contributed by atoms with E-state index < -0.39 is 23.4 Å². The highest BCUT2D eigenvalue weighted by Gasteiger charge is 2.19. The van der Waals surface area contributed by atoms with Gasteiger partial charge in [-0.1, -0.05) is 0 Å². The van der Waals surface area contributed by atoms with Gasteiger partial charge < -0.3 is 9.47 Å². The molecule has 0 aromatic heterocycles.